The van der Waals surface area contributed by atoms with Crippen molar-refractivity contribution in [1.29, 1.82) is 0 Å². The molecule has 0 aliphatic rings. The number of nitrogens with zero attached hydrogens (tertiary/aromatic N) is 2. The molecule has 118 valence electrons. The van der Waals surface area contributed by atoms with E-state index in [1.54, 1.807) is 14.2 Å². The van der Waals surface area contributed by atoms with Crippen LogP contribution in [0.2, 0.25) is 0 Å². The van der Waals surface area contributed by atoms with Crippen LogP contribution in [0.3, 0.4) is 0 Å². The second kappa shape index (κ2) is 6.87. The van der Waals surface area contributed by atoms with Gasteiger partial charge >= 0.3 is 0 Å². The van der Waals surface area contributed by atoms with Crippen LogP contribution in [0, 0.1) is 0 Å². The molecule has 0 aliphatic heterocycles. The molecule has 0 N–H and O–H groups in total. The van der Waals surface area contributed by atoms with Gasteiger partial charge in [-0.3, -0.25) is 0 Å². The average Bonchev–Trinajstić information content (AvgIpc) is 3.03. The normalized spacial score (nSPS) is 10.6. The van der Waals surface area contributed by atoms with E-state index in [1.165, 1.54) is 0 Å². The number of ether oxygens (including phenoxy) is 2. The van der Waals surface area contributed by atoms with Gasteiger partial charge in [-0.1, -0.05) is 40.2 Å². The number of hydrogen-bond acceptors (Lipinski definition) is 3. The van der Waals surface area contributed by atoms with Crippen LogP contribution in [-0.4, -0.2) is 23.8 Å². The van der Waals surface area contributed by atoms with Gasteiger partial charge < -0.3 is 14.0 Å². The van der Waals surface area contributed by atoms with Crippen molar-refractivity contribution in [2.75, 3.05) is 14.2 Å². The van der Waals surface area contributed by atoms with Crippen molar-refractivity contribution < 1.29 is 9.47 Å². The Morgan fingerprint density at radius 2 is 1.83 bits per heavy atom. The molecule has 4 nitrogen and oxygen atoms in total. The predicted octanol–water partition coefficient (Wildman–Crippen LogP) is 4.38. The third kappa shape index (κ3) is 3.24. The van der Waals surface area contributed by atoms with Crippen LogP contribution < -0.4 is 9.47 Å². The third-order valence-electron chi connectivity index (χ3n) is 3.63. The molecule has 0 radical (unpaired) electrons. The SMILES string of the molecule is COc1ccc(Cn2ccnc2-c2ccccc2Br)cc1OC. The highest BCUT2D eigenvalue weighted by atomic mass is 79.9. The van der Waals surface area contributed by atoms with Crippen molar-refractivity contribution in [3.8, 4) is 22.9 Å². The Labute approximate surface area is 143 Å². The molecule has 0 bridgehead atoms. The third-order valence-corrected chi connectivity index (χ3v) is 4.32. The molecular weight excluding hydrogens is 356 g/mol. The van der Waals surface area contributed by atoms with Crippen LogP contribution in [0.25, 0.3) is 11.4 Å². The van der Waals surface area contributed by atoms with Crippen molar-refractivity contribution in [3.05, 3.63) is 64.9 Å². The van der Waals surface area contributed by atoms with Crippen LogP contribution in [0.4, 0.5) is 0 Å². The van der Waals surface area contributed by atoms with Crippen LogP contribution in [0.1, 0.15) is 5.56 Å². The molecule has 0 saturated heterocycles. The van der Waals surface area contributed by atoms with Gasteiger partial charge in [0.15, 0.2) is 11.5 Å². The summed E-state index contributed by atoms with van der Waals surface area (Å²) in [5.41, 5.74) is 2.19. The van der Waals surface area contributed by atoms with Gasteiger partial charge in [0.05, 0.1) is 14.2 Å². The van der Waals surface area contributed by atoms with Crippen LogP contribution in [0.5, 0.6) is 11.5 Å². The Hall–Kier alpha value is -2.27. The summed E-state index contributed by atoms with van der Waals surface area (Å²) in [6.45, 7) is 0.705. The Kier molecular flexibility index (Phi) is 4.67. The summed E-state index contributed by atoms with van der Waals surface area (Å²) < 4.78 is 13.8. The fourth-order valence-corrected chi connectivity index (χ4v) is 2.96. The van der Waals surface area contributed by atoms with E-state index in [4.69, 9.17) is 9.47 Å². The molecule has 0 atom stereocenters. The second-order valence-electron chi connectivity index (χ2n) is 5.05. The standard InChI is InChI=1S/C18H17BrN2O2/c1-22-16-8-7-13(11-17(16)23-2)12-21-10-9-20-18(21)14-5-3-4-6-15(14)19/h3-11H,12H2,1-2H3. The van der Waals surface area contributed by atoms with Crippen molar-refractivity contribution in [3.63, 3.8) is 0 Å². The molecule has 1 aromatic heterocycles. The summed E-state index contributed by atoms with van der Waals surface area (Å²) in [4.78, 5) is 4.50. The molecule has 0 aliphatic carbocycles. The van der Waals surface area contributed by atoms with Gasteiger partial charge in [0, 0.05) is 29.0 Å². The van der Waals surface area contributed by atoms with E-state index in [-0.39, 0.29) is 0 Å². The number of imidazole rings is 1. The molecule has 2 aromatic carbocycles. The molecule has 0 fully saturated rings. The van der Waals surface area contributed by atoms with E-state index in [9.17, 15) is 0 Å². The number of hydrogen-bond donors (Lipinski definition) is 0. The van der Waals surface area contributed by atoms with E-state index in [1.807, 2.05) is 48.8 Å². The van der Waals surface area contributed by atoms with Gasteiger partial charge in [-0.2, -0.15) is 0 Å². The zero-order valence-corrected chi connectivity index (χ0v) is 14.6. The lowest BCUT2D eigenvalue weighted by Crippen LogP contribution is -2.02. The van der Waals surface area contributed by atoms with Crippen molar-refractivity contribution >= 4 is 15.9 Å². The van der Waals surface area contributed by atoms with E-state index in [0.29, 0.717) is 6.54 Å². The zero-order chi connectivity index (χ0) is 16.2. The van der Waals surface area contributed by atoms with Gasteiger partial charge in [-0.05, 0) is 23.8 Å². The maximum atomic E-state index is 5.37. The van der Waals surface area contributed by atoms with Crippen LogP contribution >= 0.6 is 15.9 Å². The maximum Gasteiger partial charge on any atom is 0.161 e. The number of rotatable bonds is 5. The van der Waals surface area contributed by atoms with E-state index < -0.39 is 0 Å². The quantitative estimate of drug-likeness (QED) is 0.666. The molecule has 0 spiro atoms. The Morgan fingerprint density at radius 1 is 1.04 bits per heavy atom. The fraction of sp³-hybridized carbons (Fsp3) is 0.167. The minimum Gasteiger partial charge on any atom is -0.493 e. The summed E-state index contributed by atoms with van der Waals surface area (Å²) in [6, 6.07) is 14.0. The lowest BCUT2D eigenvalue weighted by Gasteiger charge is -2.12. The monoisotopic (exact) mass is 372 g/mol. The highest BCUT2D eigenvalue weighted by molar-refractivity contribution is 9.10. The van der Waals surface area contributed by atoms with E-state index in [0.717, 1.165) is 32.9 Å². The molecule has 23 heavy (non-hydrogen) atoms. The van der Waals surface area contributed by atoms with Gasteiger partial charge in [-0.25, -0.2) is 4.98 Å². The molecule has 0 saturated carbocycles. The van der Waals surface area contributed by atoms with Crippen LogP contribution in [0.15, 0.2) is 59.3 Å². The smallest absolute Gasteiger partial charge is 0.161 e. The highest BCUT2D eigenvalue weighted by Gasteiger charge is 2.11. The number of methoxy groups -OCH3 is 2. The van der Waals surface area contributed by atoms with Crippen molar-refractivity contribution in [2.24, 2.45) is 0 Å². The molecule has 3 aromatic rings. The molecule has 5 heteroatoms. The largest absolute Gasteiger partial charge is 0.493 e. The Bertz CT molecular complexity index is 814. The van der Waals surface area contributed by atoms with E-state index >= 15 is 0 Å². The molecule has 3 rings (SSSR count). The lowest BCUT2D eigenvalue weighted by molar-refractivity contribution is 0.354. The minimum atomic E-state index is 0.705. The predicted molar refractivity (Wildman–Crippen MR) is 94.0 cm³/mol. The van der Waals surface area contributed by atoms with Crippen LogP contribution in [-0.2, 0) is 6.54 Å². The minimum absolute atomic E-state index is 0.705. The first-order valence-electron chi connectivity index (χ1n) is 7.20. The van der Waals surface area contributed by atoms with E-state index in [2.05, 4.69) is 31.5 Å². The average molecular weight is 373 g/mol. The summed E-state index contributed by atoms with van der Waals surface area (Å²) in [7, 11) is 3.28. The number of halogens is 1. The first-order chi connectivity index (χ1) is 11.2. The zero-order valence-electron chi connectivity index (χ0n) is 13.0. The van der Waals surface area contributed by atoms with Gasteiger partial charge in [0.25, 0.3) is 0 Å². The van der Waals surface area contributed by atoms with Gasteiger partial charge in [-0.15, -0.1) is 0 Å². The molecule has 1 heterocycles. The Morgan fingerprint density at radius 3 is 2.57 bits per heavy atom. The Balaban J connectivity index is 1.93. The summed E-state index contributed by atoms with van der Waals surface area (Å²) >= 11 is 3.59. The lowest BCUT2D eigenvalue weighted by atomic mass is 10.1. The molecule has 0 amide bonds. The number of aromatic nitrogens is 2. The first-order valence-corrected chi connectivity index (χ1v) is 7.99. The van der Waals surface area contributed by atoms with Gasteiger partial charge in [0.1, 0.15) is 5.82 Å². The maximum absolute atomic E-state index is 5.37. The fourth-order valence-electron chi connectivity index (χ4n) is 2.50. The topological polar surface area (TPSA) is 36.3 Å². The first kappa shape index (κ1) is 15.6. The molecule has 0 unspecified atom stereocenters. The van der Waals surface area contributed by atoms with Crippen molar-refractivity contribution in [2.45, 2.75) is 6.54 Å². The summed E-state index contributed by atoms with van der Waals surface area (Å²) in [5.74, 6) is 2.38. The second-order valence-corrected chi connectivity index (χ2v) is 5.90. The molecular formula is C18H17BrN2O2. The van der Waals surface area contributed by atoms with Gasteiger partial charge in [0.2, 0.25) is 0 Å². The summed E-state index contributed by atoms with van der Waals surface area (Å²) in [6.07, 6.45) is 3.79. The summed E-state index contributed by atoms with van der Waals surface area (Å²) in [5, 5.41) is 0. The highest BCUT2D eigenvalue weighted by Crippen LogP contribution is 2.30. The van der Waals surface area contributed by atoms with Crippen molar-refractivity contribution in [1.82, 2.24) is 9.55 Å². The number of benzene rings is 2.